The third-order valence-electron chi connectivity index (χ3n) is 15.5. The second-order valence-corrected chi connectivity index (χ2v) is 25.9. The molecule has 50 nitrogen and oxygen atoms in total. The number of hydrogen-bond donors (Lipinski definition) is 4. The molecule has 0 aliphatic heterocycles. The van der Waals surface area contributed by atoms with Crippen LogP contribution in [0.4, 0.5) is 19.2 Å². The van der Waals surface area contributed by atoms with Gasteiger partial charge in [-0.25, -0.2) is 24.0 Å². The van der Waals surface area contributed by atoms with Crippen molar-refractivity contribution in [2.75, 3.05) is 105 Å². The van der Waals surface area contributed by atoms with Crippen LogP contribution in [0, 0.1) is 24.7 Å². The molecule has 124 heavy (non-hydrogen) atoms. The van der Waals surface area contributed by atoms with Gasteiger partial charge in [-0.2, -0.15) is 0 Å². The Morgan fingerprint density at radius 3 is 1.11 bits per heavy atom. The molecule has 2 heterocycles. The molecule has 3 unspecified atom stereocenters. The molecule has 0 saturated heterocycles. The number of azide groups is 4. The summed E-state index contributed by atoms with van der Waals surface area (Å²) in [6.45, 7) is 7.85. The number of ketones is 2. The molecule has 50 heteroatoms. The number of carbonyl (C=O) groups is 15. The van der Waals surface area contributed by atoms with E-state index in [0.29, 0.717) is 122 Å². The van der Waals surface area contributed by atoms with E-state index in [0.717, 1.165) is 6.92 Å². The number of hydrogen-bond acceptors (Lipinski definition) is 36. The summed E-state index contributed by atoms with van der Waals surface area (Å²) in [5.74, 6) is -1.55. The quantitative estimate of drug-likeness (QED) is 0.00966. The molecule has 0 spiro atoms. The number of aryl methyl sites for hydroxylation is 2. The largest absolute Gasteiger partial charge is 0.466 e. The van der Waals surface area contributed by atoms with Crippen LogP contribution in [-0.4, -0.2) is 255 Å². The van der Waals surface area contributed by atoms with Crippen molar-refractivity contribution < 1.29 is 133 Å². The minimum atomic E-state index is -1.12. The molecular weight excluding hydrogens is 1640 g/mol. The first-order valence-corrected chi connectivity index (χ1v) is 39.5. The van der Waals surface area contributed by atoms with Crippen molar-refractivity contribution in [2.45, 2.75) is 226 Å². The fourth-order valence-corrected chi connectivity index (χ4v) is 9.62. The summed E-state index contributed by atoms with van der Waals surface area (Å²) in [6, 6.07) is -2.35. The van der Waals surface area contributed by atoms with Crippen LogP contribution in [0.3, 0.4) is 0 Å². The predicted molar refractivity (Wildman–Crippen MR) is 427 cm³/mol. The summed E-state index contributed by atoms with van der Waals surface area (Å²) in [4.78, 5) is 188. The molecule has 0 aromatic carbocycles. The molecule has 684 valence electrons. The molecule has 0 bridgehead atoms. The van der Waals surface area contributed by atoms with Crippen LogP contribution < -0.4 is 21.3 Å². The van der Waals surface area contributed by atoms with Crippen molar-refractivity contribution >= 4 is 89.7 Å². The first-order chi connectivity index (χ1) is 59.6. The summed E-state index contributed by atoms with van der Waals surface area (Å²) in [5, 5.41) is 39.3. The molecule has 0 aliphatic rings. The fourth-order valence-electron chi connectivity index (χ4n) is 9.62. The van der Waals surface area contributed by atoms with E-state index in [-0.39, 0.29) is 160 Å². The molecule has 0 fully saturated rings. The van der Waals surface area contributed by atoms with Crippen LogP contribution in [-0.2, 0) is 140 Å². The smallest absolute Gasteiger partial charge is 0.407 e. The number of nitrogens with zero attached hydrogens (tertiary/aromatic N) is 18. The van der Waals surface area contributed by atoms with Crippen LogP contribution in [0.5, 0.6) is 0 Å². The van der Waals surface area contributed by atoms with Gasteiger partial charge < -0.3 is 82.8 Å². The highest BCUT2D eigenvalue weighted by Crippen LogP contribution is 2.13. The Labute approximate surface area is 713 Å². The lowest BCUT2D eigenvalue weighted by Crippen LogP contribution is -2.42. The van der Waals surface area contributed by atoms with E-state index in [4.69, 9.17) is 96.6 Å². The molecule has 4 atom stereocenters. The third-order valence-corrected chi connectivity index (χ3v) is 15.5. The van der Waals surface area contributed by atoms with Gasteiger partial charge in [-0.3, -0.25) is 57.3 Å². The monoisotopic (exact) mass is 1750 g/mol. The molecule has 2 aromatic heterocycles. The molecule has 0 aliphatic carbocycles. The normalized spacial score (nSPS) is 11.1. The number of aromatic nitrogens is 6. The summed E-state index contributed by atoms with van der Waals surface area (Å²) in [5.41, 5.74) is 33.4. The lowest BCUT2D eigenvalue weighted by Gasteiger charge is -2.17. The maximum atomic E-state index is 12.6. The molecule has 0 radical (unpaired) electrons. The highest BCUT2D eigenvalue weighted by atomic mass is 16.6. The van der Waals surface area contributed by atoms with E-state index >= 15 is 0 Å². The van der Waals surface area contributed by atoms with Gasteiger partial charge in [-0.05, 0) is 114 Å². The SMILES string of the molecule is C#CCC(=O)OCC(COC(=O)CC#C)OC(C)=O.CC(=O)OC(COC(=O)Cc1cn(CCCOC(=O)CCCCCC(NC(=O)OCCCN=[N+]=[N-])C(C)=O)nn1)COC(=O)Cc1cn(CCCOC(=O)NC(CCCCNC(=O)OCCCN=[N+]=[N-])C(C)=O)nn1.CCOC(=O)[C@H](CCCCCC(=O)OCCCN=[N+]=[N-])NC(=O)OCCCN=[N+]=[N-]. The number of carbonyl (C=O) groups excluding carboxylic acids is 15. The number of nitrogens with one attached hydrogen (secondary N) is 4. The fraction of sp³-hybridized carbons (Fsp3) is 0.689. The Morgan fingerprint density at radius 2 is 0.750 bits per heavy atom. The van der Waals surface area contributed by atoms with Gasteiger partial charge in [-0.1, -0.05) is 68.4 Å². The van der Waals surface area contributed by atoms with Gasteiger partial charge in [0.1, 0.15) is 45.3 Å². The zero-order valence-corrected chi connectivity index (χ0v) is 70.2. The average Bonchev–Trinajstić information content (AvgIpc) is 1.78. The van der Waals surface area contributed by atoms with Crippen molar-refractivity contribution in [3.8, 4) is 24.7 Å². The van der Waals surface area contributed by atoms with Crippen molar-refractivity contribution in [2.24, 2.45) is 20.5 Å². The minimum Gasteiger partial charge on any atom is -0.466 e. The van der Waals surface area contributed by atoms with Crippen LogP contribution >= 0.6 is 0 Å². The predicted octanol–water partition coefficient (Wildman–Crippen LogP) is 7.20. The molecule has 4 amide bonds. The van der Waals surface area contributed by atoms with E-state index in [1.807, 2.05) is 0 Å². The van der Waals surface area contributed by atoms with E-state index in [9.17, 15) is 71.9 Å². The number of amides is 4. The van der Waals surface area contributed by atoms with Gasteiger partial charge in [0.05, 0.1) is 82.6 Å². The Kier molecular flexibility index (Phi) is 65.1. The topological polar surface area (TPSA) is 681 Å². The molecule has 2 rings (SSSR count). The lowest BCUT2D eigenvalue weighted by molar-refractivity contribution is -0.165. The molecule has 0 saturated carbocycles. The highest BCUT2D eigenvalue weighted by molar-refractivity contribution is 5.86. The van der Waals surface area contributed by atoms with Crippen molar-refractivity contribution in [3.05, 3.63) is 65.6 Å². The molecular formula is C74H110N22O28. The van der Waals surface area contributed by atoms with Crippen LogP contribution in [0.15, 0.2) is 32.9 Å². The number of esters is 9. The second-order valence-electron chi connectivity index (χ2n) is 25.9. The zero-order chi connectivity index (χ0) is 92.2. The Morgan fingerprint density at radius 1 is 0.411 bits per heavy atom. The summed E-state index contributed by atoms with van der Waals surface area (Å²) < 4.78 is 68.2. The van der Waals surface area contributed by atoms with E-state index < -0.39 is 116 Å². The van der Waals surface area contributed by atoms with Gasteiger partial charge in [0, 0.05) is 117 Å². The highest BCUT2D eigenvalue weighted by Gasteiger charge is 2.25. The van der Waals surface area contributed by atoms with Crippen molar-refractivity contribution in [1.29, 1.82) is 0 Å². The number of ether oxygens (including phenoxy) is 13. The number of terminal acetylenes is 2. The van der Waals surface area contributed by atoms with Crippen LogP contribution in [0.25, 0.3) is 41.8 Å². The van der Waals surface area contributed by atoms with Crippen LogP contribution in [0.1, 0.15) is 181 Å². The number of rotatable bonds is 64. The Bertz CT molecular complexity index is 3880. The van der Waals surface area contributed by atoms with Crippen molar-refractivity contribution in [1.82, 2.24) is 51.3 Å². The Balaban J connectivity index is 0.00000250. The van der Waals surface area contributed by atoms with E-state index in [2.05, 4.69) is 93.8 Å². The number of alkyl carbamates (subject to hydrolysis) is 4. The standard InChI is InChI=1S/C44H67N15O16.C17H29N7O6.C13H14O6/c1-31(60)37(50-43(67)71-22-10-18-49-55-46)13-5-4-6-15-39(63)69-23-11-19-58-27-34(52-56-58)25-40(64)73-29-36(75-33(3)62)30-74-41(65)26-35-28-59(57-53-35)20-12-24-72-44(68)51-38(32(2)61)14-7-8-16-47-42(66)70-21-9-17-48-54-45;1-2-28-16(26)14(22-17(27)30-13-7-11-21-24-19)8-4-3-5-9-15(25)29-12-6-10-20-23-18;1-4-6-12(15)17-8-11(19-10(3)14)9-18-13(16)7-5-2/h27-28,36-38H,4-26,29-30H2,1-3H3,(H,47,66)(H,50,67)(H,51,68);14H,2-13H2,1H3,(H,22,27);1-2,11H,6-9H2,3H3/t;14-;/m.0./s1. The third kappa shape index (κ3) is 64.2. The van der Waals surface area contributed by atoms with Gasteiger partial charge in [0.2, 0.25) is 0 Å². The van der Waals surface area contributed by atoms with Gasteiger partial charge in [-0.15, -0.1) is 23.0 Å². The zero-order valence-electron chi connectivity index (χ0n) is 70.2. The van der Waals surface area contributed by atoms with E-state index in [1.54, 1.807) is 6.92 Å². The number of Topliss-reactive ketones (excluding diaryl/α,β-unsaturated/α-hetero) is 2. The second kappa shape index (κ2) is 73.2. The van der Waals surface area contributed by atoms with E-state index in [1.165, 1.54) is 42.5 Å². The summed E-state index contributed by atoms with van der Waals surface area (Å²) in [6.07, 6.45) is 15.4. The lowest BCUT2D eigenvalue weighted by atomic mass is 10.0. The van der Waals surface area contributed by atoms with Gasteiger partial charge in [0.25, 0.3) is 0 Å². The van der Waals surface area contributed by atoms with Gasteiger partial charge >= 0.3 is 78.1 Å². The maximum absolute atomic E-state index is 12.6. The maximum Gasteiger partial charge on any atom is 0.407 e. The first kappa shape index (κ1) is 110. The molecule has 2 aromatic rings. The van der Waals surface area contributed by atoms with Crippen molar-refractivity contribution in [3.63, 3.8) is 0 Å². The summed E-state index contributed by atoms with van der Waals surface area (Å²) >= 11 is 0. The average molecular weight is 1760 g/mol. The Hall–Kier alpha value is -13.7. The van der Waals surface area contributed by atoms with Gasteiger partial charge in [0.15, 0.2) is 23.8 Å². The summed E-state index contributed by atoms with van der Waals surface area (Å²) in [7, 11) is 0. The number of unbranched alkanes of at least 4 members (excludes halogenated alkanes) is 5. The first-order valence-electron chi connectivity index (χ1n) is 39.5. The van der Waals surface area contributed by atoms with Crippen LogP contribution in [0.2, 0.25) is 0 Å². The minimum absolute atomic E-state index is 0.0155. The molecule has 4 N–H and O–H groups in total.